The van der Waals surface area contributed by atoms with Gasteiger partial charge in [-0.1, -0.05) is 11.6 Å². The fourth-order valence-electron chi connectivity index (χ4n) is 5.80. The van der Waals surface area contributed by atoms with Crippen molar-refractivity contribution in [3.8, 4) is 0 Å². The summed E-state index contributed by atoms with van der Waals surface area (Å²) in [5.41, 5.74) is -1.03. The average molecular weight is 589 g/mol. The number of hydrogen-bond donors (Lipinski definition) is 3. The van der Waals surface area contributed by atoms with Gasteiger partial charge in [0.1, 0.15) is 12.6 Å². The molecule has 3 N–H and O–H groups in total. The molecule has 1 aromatic rings. The number of carbonyl (C=O) groups excluding carboxylic acids is 3. The second-order valence-electron chi connectivity index (χ2n) is 11.2. The Morgan fingerprint density at radius 1 is 1.23 bits per heavy atom. The number of rotatable bonds is 6. The van der Waals surface area contributed by atoms with Crippen LogP contribution in [0.3, 0.4) is 0 Å². The summed E-state index contributed by atoms with van der Waals surface area (Å²) in [4.78, 5) is 43.5. The molecule has 3 heterocycles. The zero-order chi connectivity index (χ0) is 29.0. The minimum Gasteiger partial charge on any atom is -0.391 e. The molecule has 4 fully saturated rings. The number of anilines is 1. The Balaban J connectivity index is 1.19. The van der Waals surface area contributed by atoms with E-state index in [0.717, 1.165) is 37.5 Å². The monoisotopic (exact) mass is 588 g/mol. The van der Waals surface area contributed by atoms with Crippen molar-refractivity contribution in [2.45, 2.75) is 69.2 Å². The number of ether oxygens (including phenoxy) is 1. The number of halogens is 4. The predicted octanol–water partition coefficient (Wildman–Crippen LogP) is 2.66. The second-order valence-corrected chi connectivity index (χ2v) is 11.6. The molecule has 4 aliphatic rings. The number of aliphatic hydroxyl groups is 2. The van der Waals surface area contributed by atoms with Crippen LogP contribution in [0.4, 0.5) is 23.7 Å². The molecule has 3 aliphatic heterocycles. The van der Waals surface area contributed by atoms with Gasteiger partial charge >= 0.3 is 12.2 Å². The number of piperidine rings is 1. The van der Waals surface area contributed by atoms with Crippen molar-refractivity contribution in [1.82, 2.24) is 14.7 Å². The first kappa shape index (κ1) is 28.9. The van der Waals surface area contributed by atoms with E-state index in [1.165, 1.54) is 16.7 Å². The van der Waals surface area contributed by atoms with Gasteiger partial charge in [-0.05, 0) is 56.2 Å². The SMILES string of the molecule is C[C@H]1C(=O)N([C@@H](CCC(=O)N2CCC3(CC3)[C@H](O)C2)C2(O)CO2)CCN1C(=O)Nc1ccc(C(F)(F)F)c(Cl)c1. The van der Waals surface area contributed by atoms with Crippen molar-refractivity contribution in [2.75, 3.05) is 38.1 Å². The number of nitrogens with one attached hydrogen (secondary N) is 1. The first-order chi connectivity index (χ1) is 18.7. The molecule has 5 rings (SSSR count). The highest BCUT2D eigenvalue weighted by atomic mass is 35.5. The van der Waals surface area contributed by atoms with E-state index in [0.29, 0.717) is 6.54 Å². The molecule has 40 heavy (non-hydrogen) atoms. The zero-order valence-corrected chi connectivity index (χ0v) is 22.7. The minimum absolute atomic E-state index is 0.00778. The van der Waals surface area contributed by atoms with Crippen molar-refractivity contribution in [2.24, 2.45) is 5.41 Å². The van der Waals surface area contributed by atoms with E-state index in [-0.39, 0.29) is 56.1 Å². The number of aliphatic hydroxyl groups excluding tert-OH is 1. The fraction of sp³-hybridized carbons (Fsp3) is 0.654. The number of nitrogens with zero attached hydrogens (tertiary/aromatic N) is 3. The lowest BCUT2D eigenvalue weighted by Gasteiger charge is -2.43. The number of β-amino-alcohol motifs (C(OH)–C–C–N with tert-alkyl or cyclic N) is 1. The Kier molecular flexibility index (Phi) is 7.47. The van der Waals surface area contributed by atoms with E-state index in [1.807, 2.05) is 0 Å². The third kappa shape index (κ3) is 5.61. The van der Waals surface area contributed by atoms with Crippen LogP contribution in [-0.4, -0.2) is 99.5 Å². The number of carbonyl (C=O) groups is 3. The van der Waals surface area contributed by atoms with Crippen LogP contribution >= 0.6 is 11.6 Å². The largest absolute Gasteiger partial charge is 0.417 e. The van der Waals surface area contributed by atoms with Gasteiger partial charge in [0.05, 0.1) is 22.7 Å². The lowest BCUT2D eigenvalue weighted by molar-refractivity contribution is -0.151. The van der Waals surface area contributed by atoms with Gasteiger partial charge in [0.2, 0.25) is 17.6 Å². The van der Waals surface area contributed by atoms with Crippen LogP contribution in [0.1, 0.15) is 44.6 Å². The Morgan fingerprint density at radius 2 is 1.93 bits per heavy atom. The van der Waals surface area contributed by atoms with Crippen LogP contribution in [0.25, 0.3) is 0 Å². The van der Waals surface area contributed by atoms with Crippen LogP contribution in [0.2, 0.25) is 5.02 Å². The molecule has 14 heteroatoms. The highest BCUT2D eigenvalue weighted by molar-refractivity contribution is 6.31. The number of epoxide rings is 1. The van der Waals surface area contributed by atoms with E-state index in [4.69, 9.17) is 16.3 Å². The van der Waals surface area contributed by atoms with Gasteiger partial charge in [-0.2, -0.15) is 13.2 Å². The smallest absolute Gasteiger partial charge is 0.391 e. The summed E-state index contributed by atoms with van der Waals surface area (Å²) in [6.07, 6.45) is -2.28. The molecule has 1 unspecified atom stereocenters. The topological polar surface area (TPSA) is 126 Å². The third-order valence-electron chi connectivity index (χ3n) is 8.67. The van der Waals surface area contributed by atoms with E-state index in [9.17, 15) is 37.8 Å². The molecule has 0 radical (unpaired) electrons. The lowest BCUT2D eigenvalue weighted by atomic mass is 9.90. The Labute approximate surface area is 234 Å². The van der Waals surface area contributed by atoms with Crippen molar-refractivity contribution < 1.29 is 42.5 Å². The molecule has 0 aromatic heterocycles. The number of urea groups is 1. The van der Waals surface area contributed by atoms with Crippen LogP contribution < -0.4 is 5.32 Å². The molecule has 1 aliphatic carbocycles. The van der Waals surface area contributed by atoms with Crippen LogP contribution in [0.5, 0.6) is 0 Å². The normalized spacial score (nSPS) is 28.5. The van der Waals surface area contributed by atoms with E-state index in [2.05, 4.69) is 5.32 Å². The number of hydrogen-bond acceptors (Lipinski definition) is 6. The Bertz CT molecular complexity index is 1190. The van der Waals surface area contributed by atoms with Crippen molar-refractivity contribution in [3.05, 3.63) is 28.8 Å². The molecule has 0 bridgehead atoms. The highest BCUT2D eigenvalue weighted by Crippen LogP contribution is 2.53. The van der Waals surface area contributed by atoms with Gasteiger partial charge in [-0.15, -0.1) is 0 Å². The first-order valence-electron chi connectivity index (χ1n) is 13.3. The fourth-order valence-corrected chi connectivity index (χ4v) is 6.08. The van der Waals surface area contributed by atoms with Crippen molar-refractivity contribution >= 4 is 35.1 Å². The first-order valence-corrected chi connectivity index (χ1v) is 13.7. The third-order valence-corrected chi connectivity index (χ3v) is 8.98. The summed E-state index contributed by atoms with van der Waals surface area (Å²) >= 11 is 5.74. The summed E-state index contributed by atoms with van der Waals surface area (Å²) in [6.45, 7) is 2.49. The molecular formula is C26H32ClF3N4O6. The number of benzene rings is 1. The minimum atomic E-state index is -4.64. The number of alkyl halides is 3. The van der Waals surface area contributed by atoms with Crippen molar-refractivity contribution in [1.29, 1.82) is 0 Å². The Hall–Kier alpha value is -2.61. The molecule has 4 atom stereocenters. The maximum Gasteiger partial charge on any atom is 0.417 e. The molecule has 1 saturated carbocycles. The zero-order valence-electron chi connectivity index (χ0n) is 21.9. The van der Waals surface area contributed by atoms with Gasteiger partial charge < -0.3 is 35.0 Å². The van der Waals surface area contributed by atoms with Gasteiger partial charge in [0, 0.05) is 38.3 Å². The standard InChI is InChI=1S/C26H32ClF3N4O6/c1-15-22(37)34(11-10-33(15)23(38)31-16-2-3-17(18(27)12-16)26(28,29)30)19(25(39)14-40-25)4-5-21(36)32-9-8-24(6-7-24)20(35)13-32/h2-3,12,15,19-20,35,39H,4-11,13-14H2,1H3,(H,31,38)/t15-,19-,20+,25?/m0/s1. The number of likely N-dealkylation sites (tertiary alicyclic amines) is 1. The summed E-state index contributed by atoms with van der Waals surface area (Å²) in [7, 11) is 0. The summed E-state index contributed by atoms with van der Waals surface area (Å²) < 4.78 is 44.2. The molecule has 10 nitrogen and oxygen atoms in total. The predicted molar refractivity (Wildman–Crippen MR) is 136 cm³/mol. The van der Waals surface area contributed by atoms with E-state index >= 15 is 0 Å². The summed E-state index contributed by atoms with van der Waals surface area (Å²) in [5.74, 6) is -2.22. The molecule has 4 amide bonds. The molecule has 1 aromatic carbocycles. The molecule has 220 valence electrons. The maximum atomic E-state index is 13.3. The van der Waals surface area contributed by atoms with Crippen LogP contribution in [-0.2, 0) is 20.5 Å². The Morgan fingerprint density at radius 3 is 2.50 bits per heavy atom. The quantitative estimate of drug-likeness (QED) is 0.439. The molecule has 1 spiro atoms. The van der Waals surface area contributed by atoms with Gasteiger partial charge in [-0.25, -0.2) is 4.79 Å². The summed E-state index contributed by atoms with van der Waals surface area (Å²) in [5, 5.41) is 23.1. The summed E-state index contributed by atoms with van der Waals surface area (Å²) in [6, 6.07) is 0.377. The van der Waals surface area contributed by atoms with Crippen molar-refractivity contribution in [3.63, 3.8) is 0 Å². The second kappa shape index (κ2) is 10.3. The average Bonchev–Trinajstić information content (AvgIpc) is 3.81. The lowest BCUT2D eigenvalue weighted by Crippen LogP contribution is -2.63. The van der Waals surface area contributed by atoms with E-state index in [1.54, 1.807) is 4.90 Å². The van der Waals surface area contributed by atoms with Gasteiger partial charge in [-0.3, -0.25) is 9.59 Å². The van der Waals surface area contributed by atoms with Gasteiger partial charge in [0.15, 0.2) is 0 Å². The molecular weight excluding hydrogens is 557 g/mol. The maximum absolute atomic E-state index is 13.3. The number of amides is 4. The van der Waals surface area contributed by atoms with Gasteiger partial charge in [0.25, 0.3) is 0 Å². The van der Waals surface area contributed by atoms with E-state index < -0.39 is 52.7 Å². The number of piperazine rings is 1. The molecule has 3 saturated heterocycles. The van der Waals surface area contributed by atoms with Crippen LogP contribution in [0, 0.1) is 5.41 Å². The van der Waals surface area contributed by atoms with Crippen LogP contribution in [0.15, 0.2) is 18.2 Å². The highest BCUT2D eigenvalue weighted by Gasteiger charge is 2.56.